The number of piperidine rings is 1. The summed E-state index contributed by atoms with van der Waals surface area (Å²) in [4.78, 5) is 14.3. The van der Waals surface area contributed by atoms with Crippen LogP contribution >= 0.6 is 11.6 Å². The molecule has 6 heteroatoms. The van der Waals surface area contributed by atoms with Gasteiger partial charge in [0.1, 0.15) is 5.02 Å². The molecule has 1 unspecified atom stereocenters. The molecule has 0 spiro atoms. The van der Waals surface area contributed by atoms with Gasteiger partial charge in [0.05, 0.1) is 18.4 Å². The number of halogens is 1. The fraction of sp³-hybridized carbons (Fsp3) is 0.571. The van der Waals surface area contributed by atoms with E-state index in [0.29, 0.717) is 12.6 Å². The lowest BCUT2D eigenvalue weighted by Crippen LogP contribution is -2.46. The number of likely N-dealkylation sites (N-methyl/N-ethyl adjacent to an activating group) is 1. The van der Waals surface area contributed by atoms with Crippen molar-refractivity contribution in [1.29, 1.82) is 0 Å². The molecule has 1 aliphatic rings. The van der Waals surface area contributed by atoms with E-state index in [0.717, 1.165) is 38.2 Å². The number of nitrogens with one attached hydrogen (secondary N) is 1. The minimum absolute atomic E-state index is 0.245. The van der Waals surface area contributed by atoms with Crippen molar-refractivity contribution in [3.63, 3.8) is 0 Å². The first-order valence-electron chi connectivity index (χ1n) is 7.03. The molecule has 1 atom stereocenters. The van der Waals surface area contributed by atoms with Crippen molar-refractivity contribution in [2.24, 2.45) is 0 Å². The van der Waals surface area contributed by atoms with Gasteiger partial charge in [0.25, 0.3) is 5.56 Å². The number of hydrogen-bond acceptors (Lipinski definition) is 4. The molecule has 20 heavy (non-hydrogen) atoms. The number of rotatable bonds is 5. The Balaban J connectivity index is 2.32. The van der Waals surface area contributed by atoms with Gasteiger partial charge in [-0.3, -0.25) is 4.79 Å². The van der Waals surface area contributed by atoms with Gasteiger partial charge in [0.15, 0.2) is 0 Å². The third-order valence-corrected chi connectivity index (χ3v) is 3.99. The van der Waals surface area contributed by atoms with Gasteiger partial charge in [0.2, 0.25) is 0 Å². The first-order chi connectivity index (χ1) is 9.69. The van der Waals surface area contributed by atoms with Crippen LogP contribution in [-0.4, -0.2) is 35.5 Å². The maximum atomic E-state index is 12.2. The molecule has 110 valence electrons. The highest BCUT2D eigenvalue weighted by atomic mass is 35.5. The van der Waals surface area contributed by atoms with E-state index < -0.39 is 0 Å². The zero-order valence-corrected chi connectivity index (χ0v) is 12.6. The van der Waals surface area contributed by atoms with E-state index in [2.05, 4.69) is 28.8 Å². The Labute approximate surface area is 124 Å². The average Bonchev–Trinajstić information content (AvgIpc) is 2.48. The van der Waals surface area contributed by atoms with E-state index in [-0.39, 0.29) is 10.6 Å². The molecule has 0 radical (unpaired) electrons. The number of allylic oxidation sites excluding steroid dienone is 1. The quantitative estimate of drug-likeness (QED) is 0.840. The summed E-state index contributed by atoms with van der Waals surface area (Å²) >= 11 is 6.26. The summed E-state index contributed by atoms with van der Waals surface area (Å²) in [7, 11) is 0. The molecule has 5 nitrogen and oxygen atoms in total. The first-order valence-corrected chi connectivity index (χ1v) is 7.40. The number of hydrogen-bond donors (Lipinski definition) is 1. The lowest BCUT2D eigenvalue weighted by molar-refractivity contribution is 0.434. The van der Waals surface area contributed by atoms with Gasteiger partial charge in [-0.25, -0.2) is 4.68 Å². The van der Waals surface area contributed by atoms with Crippen LogP contribution in [0.2, 0.25) is 5.02 Å². The second-order valence-corrected chi connectivity index (χ2v) is 5.28. The van der Waals surface area contributed by atoms with E-state index in [4.69, 9.17) is 11.6 Å². The number of aromatic nitrogens is 2. The Bertz CT molecular complexity index is 522. The van der Waals surface area contributed by atoms with Crippen molar-refractivity contribution in [2.75, 3.05) is 24.5 Å². The van der Waals surface area contributed by atoms with Crippen molar-refractivity contribution < 1.29 is 0 Å². The fourth-order valence-corrected chi connectivity index (χ4v) is 2.89. The summed E-state index contributed by atoms with van der Waals surface area (Å²) in [6.07, 6.45) is 5.56. The second kappa shape index (κ2) is 6.90. The van der Waals surface area contributed by atoms with Gasteiger partial charge in [-0.1, -0.05) is 17.7 Å². The third-order valence-electron chi connectivity index (χ3n) is 3.63. The van der Waals surface area contributed by atoms with E-state index >= 15 is 0 Å². The maximum Gasteiger partial charge on any atom is 0.287 e. The molecule has 1 aliphatic heterocycles. The highest BCUT2D eigenvalue weighted by Crippen LogP contribution is 2.25. The fourth-order valence-electron chi connectivity index (χ4n) is 2.63. The van der Waals surface area contributed by atoms with E-state index in [1.54, 1.807) is 12.3 Å². The predicted octanol–water partition coefficient (Wildman–Crippen LogP) is 1.66. The van der Waals surface area contributed by atoms with Crippen LogP contribution in [0.4, 0.5) is 5.69 Å². The van der Waals surface area contributed by atoms with Crippen LogP contribution in [0.1, 0.15) is 19.8 Å². The lowest BCUT2D eigenvalue weighted by Gasteiger charge is -2.35. The summed E-state index contributed by atoms with van der Waals surface area (Å²) in [6.45, 7) is 8.83. The summed E-state index contributed by atoms with van der Waals surface area (Å²) in [5.74, 6) is 0. The SMILES string of the molecule is C=CCn1ncc(N(CC)C2CCCNC2)c(Cl)c1=O. The van der Waals surface area contributed by atoms with Crippen LogP contribution in [0.5, 0.6) is 0 Å². The van der Waals surface area contributed by atoms with Crippen molar-refractivity contribution >= 4 is 17.3 Å². The smallest absolute Gasteiger partial charge is 0.287 e. The van der Waals surface area contributed by atoms with Crippen LogP contribution < -0.4 is 15.8 Å². The van der Waals surface area contributed by atoms with Crippen molar-refractivity contribution in [1.82, 2.24) is 15.1 Å². The Morgan fingerprint density at radius 2 is 2.50 bits per heavy atom. The van der Waals surface area contributed by atoms with Crippen LogP contribution in [0.15, 0.2) is 23.6 Å². The molecular weight excluding hydrogens is 276 g/mol. The van der Waals surface area contributed by atoms with E-state index in [9.17, 15) is 4.79 Å². The average molecular weight is 297 g/mol. The molecule has 2 rings (SSSR count). The second-order valence-electron chi connectivity index (χ2n) is 4.91. The summed E-state index contributed by atoms with van der Waals surface area (Å²) < 4.78 is 1.33. The molecule has 0 bridgehead atoms. The van der Waals surface area contributed by atoms with Crippen LogP contribution in [-0.2, 0) is 6.54 Å². The molecular formula is C14H21ClN4O. The molecule has 1 saturated heterocycles. The van der Waals surface area contributed by atoms with Gasteiger partial charge in [-0.15, -0.1) is 6.58 Å². The minimum atomic E-state index is -0.258. The molecule has 0 aromatic carbocycles. The molecule has 1 fully saturated rings. The summed E-state index contributed by atoms with van der Waals surface area (Å²) in [5.41, 5.74) is 0.472. The van der Waals surface area contributed by atoms with Gasteiger partial charge in [0, 0.05) is 19.1 Å². The predicted molar refractivity (Wildman–Crippen MR) is 82.6 cm³/mol. The highest BCUT2D eigenvalue weighted by molar-refractivity contribution is 6.33. The van der Waals surface area contributed by atoms with E-state index in [1.165, 1.54) is 4.68 Å². The first kappa shape index (κ1) is 15.1. The topological polar surface area (TPSA) is 50.2 Å². The van der Waals surface area contributed by atoms with Gasteiger partial charge < -0.3 is 10.2 Å². The lowest BCUT2D eigenvalue weighted by atomic mass is 10.1. The molecule has 2 heterocycles. The zero-order chi connectivity index (χ0) is 14.5. The maximum absolute atomic E-state index is 12.2. The standard InChI is InChI=1S/C14H21ClN4O/c1-3-8-19-14(20)13(15)12(10-17-19)18(4-2)11-6-5-7-16-9-11/h3,10-11,16H,1,4-9H2,2H3. The van der Waals surface area contributed by atoms with Crippen LogP contribution in [0.3, 0.4) is 0 Å². The van der Waals surface area contributed by atoms with Crippen LogP contribution in [0, 0.1) is 0 Å². The third kappa shape index (κ3) is 3.04. The van der Waals surface area contributed by atoms with Gasteiger partial charge in [-0.05, 0) is 26.3 Å². The Morgan fingerprint density at radius 1 is 1.70 bits per heavy atom. The summed E-state index contributed by atoms with van der Waals surface area (Å²) in [6, 6.07) is 0.364. The largest absolute Gasteiger partial charge is 0.365 e. The monoisotopic (exact) mass is 296 g/mol. The van der Waals surface area contributed by atoms with E-state index in [1.807, 2.05) is 0 Å². The van der Waals surface area contributed by atoms with Crippen molar-refractivity contribution in [2.45, 2.75) is 32.4 Å². The summed E-state index contributed by atoms with van der Waals surface area (Å²) in [5, 5.41) is 7.81. The molecule has 1 aromatic rings. The molecule has 1 N–H and O–H groups in total. The highest BCUT2D eigenvalue weighted by Gasteiger charge is 2.23. The van der Waals surface area contributed by atoms with Crippen LogP contribution in [0.25, 0.3) is 0 Å². The van der Waals surface area contributed by atoms with Gasteiger partial charge in [-0.2, -0.15) is 5.10 Å². The molecule has 1 aromatic heterocycles. The van der Waals surface area contributed by atoms with Crippen molar-refractivity contribution in [3.8, 4) is 0 Å². The minimum Gasteiger partial charge on any atom is -0.365 e. The van der Waals surface area contributed by atoms with Crippen molar-refractivity contribution in [3.05, 3.63) is 34.2 Å². The zero-order valence-electron chi connectivity index (χ0n) is 11.8. The molecule has 0 aliphatic carbocycles. The molecule has 0 saturated carbocycles. The normalized spacial score (nSPS) is 18.8. The number of nitrogens with zero attached hydrogens (tertiary/aromatic N) is 3. The molecule has 0 amide bonds. The Kier molecular flexibility index (Phi) is 5.20. The Hall–Kier alpha value is -1.33. The van der Waals surface area contributed by atoms with Gasteiger partial charge >= 0.3 is 0 Å². The number of anilines is 1. The Morgan fingerprint density at radius 3 is 3.10 bits per heavy atom.